The van der Waals surface area contributed by atoms with Gasteiger partial charge in [0, 0.05) is 43.5 Å². The largest absolute Gasteiger partial charge is 0.394 e. The lowest BCUT2D eigenvalue weighted by Gasteiger charge is -2.32. The normalized spacial score (nSPS) is 18.3. The van der Waals surface area contributed by atoms with Gasteiger partial charge < -0.3 is 21.3 Å². The van der Waals surface area contributed by atoms with Crippen LogP contribution >= 0.6 is 0 Å². The highest BCUT2D eigenvalue weighted by molar-refractivity contribution is 5.94. The number of carbonyl (C=O) groups is 1. The average Bonchev–Trinajstić information content (AvgIpc) is 3.26. The van der Waals surface area contributed by atoms with Gasteiger partial charge in [-0.05, 0) is 44.2 Å². The number of piperazine rings is 1. The molecule has 2 fully saturated rings. The number of carbonyl (C=O) groups excluding carboxylic acids is 1. The molecule has 0 atom stereocenters. The predicted molar refractivity (Wildman–Crippen MR) is 119 cm³/mol. The van der Waals surface area contributed by atoms with Crippen LogP contribution in [0.2, 0.25) is 0 Å². The van der Waals surface area contributed by atoms with E-state index in [4.69, 9.17) is 5.73 Å². The summed E-state index contributed by atoms with van der Waals surface area (Å²) in [4.78, 5) is 23.5. The molecule has 1 aromatic heterocycles. The number of nitrogen functional groups attached to an aromatic ring is 1. The molecule has 0 bridgehead atoms. The monoisotopic (exact) mass is 410 g/mol. The van der Waals surface area contributed by atoms with Crippen LogP contribution in [-0.2, 0) is 0 Å². The first kappa shape index (κ1) is 20.4. The van der Waals surface area contributed by atoms with Gasteiger partial charge in [-0.15, -0.1) is 0 Å². The molecule has 1 amide bonds. The van der Waals surface area contributed by atoms with E-state index in [2.05, 4.69) is 38.0 Å². The highest BCUT2D eigenvalue weighted by atomic mass is 16.2. The maximum atomic E-state index is 12.5. The van der Waals surface area contributed by atoms with E-state index in [1.807, 2.05) is 17.1 Å². The molecule has 2 heterocycles. The minimum atomic E-state index is -0.0992. The van der Waals surface area contributed by atoms with Gasteiger partial charge in [-0.3, -0.25) is 10.2 Å². The van der Waals surface area contributed by atoms with Gasteiger partial charge in [-0.1, -0.05) is 12.8 Å². The Kier molecular flexibility index (Phi) is 6.29. The van der Waals surface area contributed by atoms with Gasteiger partial charge in [-0.25, -0.2) is 9.99 Å². The SMILES string of the molecule is CN1CCN(NC(=O)c2ccc(Nc3ncc(N)c(NC4CCCC4)n3)cc2)CC1. The standard InChI is InChI=1S/C21H30N8O/c1-28-10-12-29(13-11-28)27-20(30)15-6-8-17(9-7-15)25-21-23-14-18(22)19(26-21)24-16-4-2-3-5-16/h6-9,14,16H,2-5,10-13,22H2,1H3,(H,27,30)(H2,23,24,25,26). The summed E-state index contributed by atoms with van der Waals surface area (Å²) in [6.45, 7) is 3.55. The van der Waals surface area contributed by atoms with Crippen molar-refractivity contribution in [2.24, 2.45) is 0 Å². The van der Waals surface area contributed by atoms with Crippen molar-refractivity contribution in [2.75, 3.05) is 49.6 Å². The molecule has 1 aromatic carbocycles. The van der Waals surface area contributed by atoms with E-state index < -0.39 is 0 Å². The molecule has 1 aliphatic heterocycles. The van der Waals surface area contributed by atoms with E-state index in [0.29, 0.717) is 29.1 Å². The molecule has 1 aliphatic carbocycles. The van der Waals surface area contributed by atoms with Gasteiger partial charge in [0.1, 0.15) is 0 Å². The Balaban J connectivity index is 1.35. The summed E-state index contributed by atoms with van der Waals surface area (Å²) < 4.78 is 0. The van der Waals surface area contributed by atoms with Crippen molar-refractivity contribution in [2.45, 2.75) is 31.7 Å². The number of anilines is 4. The number of benzene rings is 1. The first-order valence-electron chi connectivity index (χ1n) is 10.6. The lowest BCUT2D eigenvalue weighted by Crippen LogP contribution is -2.52. The van der Waals surface area contributed by atoms with Gasteiger partial charge in [-0.2, -0.15) is 4.98 Å². The van der Waals surface area contributed by atoms with Crippen molar-refractivity contribution >= 4 is 29.0 Å². The molecular weight excluding hydrogens is 380 g/mol. The van der Waals surface area contributed by atoms with Crippen molar-refractivity contribution in [1.82, 2.24) is 25.3 Å². The van der Waals surface area contributed by atoms with Gasteiger partial charge in [0.25, 0.3) is 5.91 Å². The van der Waals surface area contributed by atoms with Crippen LogP contribution in [-0.4, -0.2) is 65.1 Å². The molecule has 9 nitrogen and oxygen atoms in total. The van der Waals surface area contributed by atoms with Crippen LogP contribution in [0.5, 0.6) is 0 Å². The summed E-state index contributed by atoms with van der Waals surface area (Å²) in [5.41, 5.74) is 11.0. The molecular formula is C21H30N8O. The van der Waals surface area contributed by atoms with E-state index in [0.717, 1.165) is 44.7 Å². The molecule has 4 rings (SSSR count). The molecule has 30 heavy (non-hydrogen) atoms. The summed E-state index contributed by atoms with van der Waals surface area (Å²) in [5, 5.41) is 8.58. The molecule has 1 saturated heterocycles. The van der Waals surface area contributed by atoms with Gasteiger partial charge in [0.15, 0.2) is 5.82 Å². The van der Waals surface area contributed by atoms with E-state index in [9.17, 15) is 4.79 Å². The van der Waals surface area contributed by atoms with Crippen molar-refractivity contribution in [1.29, 1.82) is 0 Å². The quantitative estimate of drug-likeness (QED) is 0.573. The molecule has 0 unspecified atom stereocenters. The zero-order valence-corrected chi connectivity index (χ0v) is 17.4. The number of rotatable bonds is 6. The van der Waals surface area contributed by atoms with Crippen molar-refractivity contribution in [3.05, 3.63) is 36.0 Å². The minimum absolute atomic E-state index is 0.0992. The number of amides is 1. The van der Waals surface area contributed by atoms with E-state index in [-0.39, 0.29) is 5.91 Å². The summed E-state index contributed by atoms with van der Waals surface area (Å²) >= 11 is 0. The molecule has 9 heteroatoms. The lowest BCUT2D eigenvalue weighted by molar-refractivity contribution is 0.0662. The number of likely N-dealkylation sites (N-methyl/N-ethyl adjacent to an activating group) is 1. The number of nitrogens with two attached hydrogens (primary N) is 1. The number of hydrogen-bond donors (Lipinski definition) is 4. The highest BCUT2D eigenvalue weighted by Crippen LogP contribution is 2.25. The van der Waals surface area contributed by atoms with Crippen LogP contribution in [0.15, 0.2) is 30.5 Å². The molecule has 160 valence electrons. The molecule has 0 spiro atoms. The number of nitrogens with zero attached hydrogens (tertiary/aromatic N) is 4. The van der Waals surface area contributed by atoms with Crippen LogP contribution in [0.3, 0.4) is 0 Å². The van der Waals surface area contributed by atoms with E-state index >= 15 is 0 Å². The second kappa shape index (κ2) is 9.27. The summed E-state index contributed by atoms with van der Waals surface area (Å²) in [6, 6.07) is 7.71. The Morgan fingerprint density at radius 2 is 1.80 bits per heavy atom. The number of hydrogen-bond acceptors (Lipinski definition) is 8. The third kappa shape index (κ3) is 5.17. The Labute approximate surface area is 177 Å². The minimum Gasteiger partial charge on any atom is -0.394 e. The maximum absolute atomic E-state index is 12.5. The second-order valence-corrected chi connectivity index (χ2v) is 8.06. The zero-order chi connectivity index (χ0) is 20.9. The van der Waals surface area contributed by atoms with Gasteiger partial charge in [0.2, 0.25) is 5.95 Å². The Morgan fingerprint density at radius 1 is 1.10 bits per heavy atom. The third-order valence-corrected chi connectivity index (χ3v) is 5.68. The fraction of sp³-hybridized carbons (Fsp3) is 0.476. The van der Waals surface area contributed by atoms with Crippen LogP contribution < -0.4 is 21.8 Å². The van der Waals surface area contributed by atoms with E-state index in [1.165, 1.54) is 12.8 Å². The highest BCUT2D eigenvalue weighted by Gasteiger charge is 2.18. The smallest absolute Gasteiger partial charge is 0.265 e. The van der Waals surface area contributed by atoms with Crippen LogP contribution in [0.1, 0.15) is 36.0 Å². The van der Waals surface area contributed by atoms with Crippen LogP contribution in [0.4, 0.5) is 23.1 Å². The van der Waals surface area contributed by atoms with Crippen molar-refractivity contribution in [3.8, 4) is 0 Å². The number of aromatic nitrogens is 2. The summed E-state index contributed by atoms with van der Waals surface area (Å²) in [7, 11) is 2.09. The zero-order valence-electron chi connectivity index (χ0n) is 17.4. The van der Waals surface area contributed by atoms with Crippen LogP contribution in [0, 0.1) is 0 Å². The fourth-order valence-corrected chi connectivity index (χ4v) is 3.79. The number of hydrazine groups is 1. The molecule has 0 radical (unpaired) electrons. The molecule has 2 aromatic rings. The van der Waals surface area contributed by atoms with Crippen molar-refractivity contribution in [3.63, 3.8) is 0 Å². The van der Waals surface area contributed by atoms with Crippen molar-refractivity contribution < 1.29 is 4.79 Å². The lowest BCUT2D eigenvalue weighted by atomic mass is 10.2. The predicted octanol–water partition coefficient (Wildman–Crippen LogP) is 2.05. The van der Waals surface area contributed by atoms with Gasteiger partial charge >= 0.3 is 0 Å². The third-order valence-electron chi connectivity index (χ3n) is 5.68. The second-order valence-electron chi connectivity index (χ2n) is 8.06. The Hall–Kier alpha value is -2.91. The summed E-state index contributed by atoms with van der Waals surface area (Å²) in [5.74, 6) is 1.04. The Morgan fingerprint density at radius 3 is 2.50 bits per heavy atom. The average molecular weight is 411 g/mol. The molecule has 5 N–H and O–H groups in total. The molecule has 2 aliphatic rings. The first-order chi connectivity index (χ1) is 14.6. The van der Waals surface area contributed by atoms with Gasteiger partial charge in [0.05, 0.1) is 11.9 Å². The number of nitrogens with one attached hydrogen (secondary N) is 3. The topological polar surface area (TPSA) is 111 Å². The molecule has 1 saturated carbocycles. The Bertz CT molecular complexity index is 858. The summed E-state index contributed by atoms with van der Waals surface area (Å²) in [6.07, 6.45) is 6.38. The first-order valence-corrected chi connectivity index (χ1v) is 10.6. The fourth-order valence-electron chi connectivity index (χ4n) is 3.79. The maximum Gasteiger partial charge on any atom is 0.265 e. The van der Waals surface area contributed by atoms with Crippen LogP contribution in [0.25, 0.3) is 0 Å². The van der Waals surface area contributed by atoms with E-state index in [1.54, 1.807) is 18.3 Å².